The Morgan fingerprint density at radius 1 is 1.54 bits per heavy atom. The van der Waals surface area contributed by atoms with E-state index in [9.17, 15) is 0 Å². The molecule has 1 heterocycles. The molecule has 0 unspecified atom stereocenters. The van der Waals surface area contributed by atoms with Crippen molar-refractivity contribution >= 4 is 5.71 Å². The van der Waals surface area contributed by atoms with Gasteiger partial charge in [0.2, 0.25) is 0 Å². The summed E-state index contributed by atoms with van der Waals surface area (Å²) in [4.78, 5) is 4.49. The van der Waals surface area contributed by atoms with E-state index >= 15 is 0 Å². The quantitative estimate of drug-likeness (QED) is 0.663. The molecule has 0 aliphatic carbocycles. The third-order valence-electron chi connectivity index (χ3n) is 2.46. The van der Waals surface area contributed by atoms with Gasteiger partial charge in [-0.1, -0.05) is 11.6 Å². The largest absolute Gasteiger partial charge is 0.392 e. The Morgan fingerprint density at radius 2 is 2.38 bits per heavy atom. The highest BCUT2D eigenvalue weighted by molar-refractivity contribution is 5.85. The van der Waals surface area contributed by atoms with E-state index in [-0.39, 0.29) is 6.61 Å². The van der Waals surface area contributed by atoms with Gasteiger partial charge in [0.1, 0.15) is 0 Å². The van der Waals surface area contributed by atoms with Crippen molar-refractivity contribution in [1.82, 2.24) is 0 Å². The van der Waals surface area contributed by atoms with E-state index in [0.29, 0.717) is 0 Å². The maximum Gasteiger partial charge on any atom is 0.0614 e. The van der Waals surface area contributed by atoms with Crippen LogP contribution in [0.15, 0.2) is 16.6 Å². The van der Waals surface area contributed by atoms with Gasteiger partial charge in [0.15, 0.2) is 0 Å². The predicted molar refractivity (Wildman–Crippen MR) is 56.2 cm³/mol. The van der Waals surface area contributed by atoms with Gasteiger partial charge < -0.3 is 5.11 Å². The fourth-order valence-electron chi connectivity index (χ4n) is 1.56. The molecule has 1 rings (SSSR count). The van der Waals surface area contributed by atoms with Crippen LogP contribution in [0.4, 0.5) is 0 Å². The van der Waals surface area contributed by atoms with Crippen molar-refractivity contribution in [1.29, 1.82) is 0 Å². The molecule has 0 aromatic heterocycles. The zero-order chi connectivity index (χ0) is 9.52. The first kappa shape index (κ1) is 10.5. The minimum Gasteiger partial charge on any atom is -0.392 e. The number of hydrogen-bond acceptors (Lipinski definition) is 2. The molecular formula is C11H19NO. The molecule has 0 atom stereocenters. The molecule has 0 amide bonds. The fourth-order valence-corrected chi connectivity index (χ4v) is 1.56. The summed E-state index contributed by atoms with van der Waals surface area (Å²) in [5, 5.41) is 8.67. The second kappa shape index (κ2) is 5.92. The maximum absolute atomic E-state index is 8.67. The summed E-state index contributed by atoms with van der Waals surface area (Å²) in [7, 11) is 0. The van der Waals surface area contributed by atoms with Crippen LogP contribution >= 0.6 is 0 Å². The number of nitrogens with zero attached hydrogens (tertiary/aromatic N) is 1. The summed E-state index contributed by atoms with van der Waals surface area (Å²) in [6.07, 6.45) is 7.77. The molecule has 0 spiro atoms. The molecule has 1 aliphatic rings. The highest BCUT2D eigenvalue weighted by Crippen LogP contribution is 2.12. The van der Waals surface area contributed by atoms with E-state index in [2.05, 4.69) is 11.9 Å². The highest BCUT2D eigenvalue weighted by Gasteiger charge is 2.04. The predicted octanol–water partition coefficient (Wildman–Crippen LogP) is 2.33. The van der Waals surface area contributed by atoms with E-state index in [1.54, 1.807) is 0 Å². The number of aliphatic hydroxyl groups is 1. The van der Waals surface area contributed by atoms with E-state index in [4.69, 9.17) is 5.11 Å². The van der Waals surface area contributed by atoms with Gasteiger partial charge in [-0.15, -0.1) is 0 Å². The van der Waals surface area contributed by atoms with Crippen molar-refractivity contribution < 1.29 is 5.11 Å². The standard InChI is InChI=1S/C11H19NO/c1-10(7-9-13)5-6-11-4-2-3-8-12-11/h7,13H,2-6,8-9H2,1H3. The van der Waals surface area contributed by atoms with Crippen LogP contribution in [0, 0.1) is 0 Å². The SMILES string of the molecule is CC(=CCO)CCC1=NCCCC1. The number of allylic oxidation sites excluding steroid dienone is 1. The Bertz CT molecular complexity index is 206. The number of hydrogen-bond donors (Lipinski definition) is 1. The van der Waals surface area contributed by atoms with Crippen LogP contribution in [0.5, 0.6) is 0 Å². The normalized spacial score (nSPS) is 18.6. The van der Waals surface area contributed by atoms with Crippen molar-refractivity contribution in [2.75, 3.05) is 13.2 Å². The summed E-state index contributed by atoms with van der Waals surface area (Å²) in [6.45, 7) is 3.26. The summed E-state index contributed by atoms with van der Waals surface area (Å²) >= 11 is 0. The molecule has 1 N–H and O–H groups in total. The highest BCUT2D eigenvalue weighted by atomic mass is 16.2. The molecule has 2 nitrogen and oxygen atoms in total. The molecule has 74 valence electrons. The van der Waals surface area contributed by atoms with Gasteiger partial charge in [-0.05, 0) is 39.0 Å². The van der Waals surface area contributed by atoms with Crippen LogP contribution in [0.3, 0.4) is 0 Å². The second-order valence-electron chi connectivity index (χ2n) is 3.64. The summed E-state index contributed by atoms with van der Waals surface area (Å²) in [5.74, 6) is 0. The zero-order valence-electron chi connectivity index (χ0n) is 8.42. The molecule has 0 bridgehead atoms. The van der Waals surface area contributed by atoms with Crippen LogP contribution < -0.4 is 0 Å². The first-order chi connectivity index (χ1) is 6.33. The minimum atomic E-state index is 0.165. The topological polar surface area (TPSA) is 32.6 Å². The van der Waals surface area contributed by atoms with E-state index in [1.165, 1.54) is 30.5 Å². The van der Waals surface area contributed by atoms with Crippen LogP contribution in [-0.2, 0) is 0 Å². The lowest BCUT2D eigenvalue weighted by molar-refractivity contribution is 0.341. The molecule has 0 aromatic carbocycles. The van der Waals surface area contributed by atoms with Crippen LogP contribution in [0.25, 0.3) is 0 Å². The molecule has 0 radical (unpaired) electrons. The number of aliphatic hydroxyl groups excluding tert-OH is 1. The summed E-state index contributed by atoms with van der Waals surface area (Å²) < 4.78 is 0. The lowest BCUT2D eigenvalue weighted by Crippen LogP contribution is -2.05. The van der Waals surface area contributed by atoms with Crippen LogP contribution in [-0.4, -0.2) is 24.0 Å². The number of aliphatic imine (C=N–C) groups is 1. The average molecular weight is 181 g/mol. The van der Waals surface area contributed by atoms with E-state index < -0.39 is 0 Å². The summed E-state index contributed by atoms with van der Waals surface area (Å²) in [5.41, 5.74) is 2.65. The van der Waals surface area contributed by atoms with Gasteiger partial charge in [-0.25, -0.2) is 0 Å². The van der Waals surface area contributed by atoms with E-state index in [1.807, 2.05) is 6.08 Å². The third-order valence-corrected chi connectivity index (χ3v) is 2.46. The van der Waals surface area contributed by atoms with Crippen molar-refractivity contribution in [3.8, 4) is 0 Å². The van der Waals surface area contributed by atoms with Crippen molar-refractivity contribution in [2.24, 2.45) is 4.99 Å². The lowest BCUT2D eigenvalue weighted by atomic mass is 10.0. The Labute approximate surface area is 80.4 Å². The Hall–Kier alpha value is -0.630. The molecular weight excluding hydrogens is 162 g/mol. The van der Waals surface area contributed by atoms with Crippen molar-refractivity contribution in [2.45, 2.75) is 39.0 Å². The van der Waals surface area contributed by atoms with Gasteiger partial charge in [-0.2, -0.15) is 0 Å². The molecule has 0 saturated heterocycles. The molecule has 0 saturated carbocycles. The van der Waals surface area contributed by atoms with E-state index in [0.717, 1.165) is 19.4 Å². The first-order valence-electron chi connectivity index (χ1n) is 5.11. The summed E-state index contributed by atoms with van der Waals surface area (Å²) in [6, 6.07) is 0. The van der Waals surface area contributed by atoms with Gasteiger partial charge >= 0.3 is 0 Å². The van der Waals surface area contributed by atoms with Crippen molar-refractivity contribution in [3.05, 3.63) is 11.6 Å². The first-order valence-corrected chi connectivity index (χ1v) is 5.11. The Morgan fingerprint density at radius 3 is 3.00 bits per heavy atom. The maximum atomic E-state index is 8.67. The monoisotopic (exact) mass is 181 g/mol. The molecule has 2 heteroatoms. The van der Waals surface area contributed by atoms with Gasteiger partial charge in [0.05, 0.1) is 6.61 Å². The molecule has 0 aromatic rings. The van der Waals surface area contributed by atoms with Gasteiger partial charge in [0.25, 0.3) is 0 Å². The van der Waals surface area contributed by atoms with Gasteiger partial charge in [0, 0.05) is 12.3 Å². The lowest BCUT2D eigenvalue weighted by Gasteiger charge is -2.11. The smallest absolute Gasteiger partial charge is 0.0614 e. The van der Waals surface area contributed by atoms with Crippen LogP contribution in [0.2, 0.25) is 0 Å². The van der Waals surface area contributed by atoms with Gasteiger partial charge in [-0.3, -0.25) is 4.99 Å². The Balaban J connectivity index is 2.25. The number of rotatable bonds is 4. The van der Waals surface area contributed by atoms with Crippen LogP contribution in [0.1, 0.15) is 39.0 Å². The second-order valence-corrected chi connectivity index (χ2v) is 3.64. The fraction of sp³-hybridized carbons (Fsp3) is 0.727. The third kappa shape index (κ3) is 4.23. The molecule has 1 aliphatic heterocycles. The zero-order valence-corrected chi connectivity index (χ0v) is 8.42. The molecule has 0 fully saturated rings. The minimum absolute atomic E-state index is 0.165. The molecule has 13 heavy (non-hydrogen) atoms. The average Bonchev–Trinajstić information content (AvgIpc) is 2.17. The Kier molecular flexibility index (Phi) is 4.76. The van der Waals surface area contributed by atoms with Crippen molar-refractivity contribution in [3.63, 3.8) is 0 Å².